The van der Waals surface area contributed by atoms with Gasteiger partial charge in [-0.15, -0.1) is 0 Å². The first-order valence-electron chi connectivity index (χ1n) is 5.79. The van der Waals surface area contributed by atoms with Gasteiger partial charge in [-0.25, -0.2) is 14.6 Å². The fraction of sp³-hybridized carbons (Fsp3) is 0.250. The molecule has 2 heterocycles. The second-order valence-corrected chi connectivity index (χ2v) is 3.97. The zero-order valence-electron chi connectivity index (χ0n) is 10.7. The van der Waals surface area contributed by atoms with Crippen LogP contribution < -0.4 is 10.6 Å². The van der Waals surface area contributed by atoms with Crippen molar-refractivity contribution in [3.63, 3.8) is 0 Å². The molecule has 20 heavy (non-hydrogen) atoms. The molecule has 0 saturated carbocycles. The van der Waals surface area contributed by atoms with Gasteiger partial charge in [-0.3, -0.25) is 0 Å². The maximum Gasteiger partial charge on any atom is 0.371 e. The van der Waals surface area contributed by atoms with Crippen LogP contribution in [-0.4, -0.2) is 22.1 Å². The van der Waals surface area contributed by atoms with Crippen LogP contribution in [0, 0.1) is 6.92 Å². The van der Waals surface area contributed by atoms with Gasteiger partial charge >= 0.3 is 12.0 Å². The molecule has 0 unspecified atom stereocenters. The van der Waals surface area contributed by atoms with Gasteiger partial charge in [-0.2, -0.15) is 0 Å². The third-order valence-electron chi connectivity index (χ3n) is 2.36. The summed E-state index contributed by atoms with van der Waals surface area (Å²) < 4.78 is 10.2. The van der Waals surface area contributed by atoms with Crippen molar-refractivity contribution in [2.75, 3.05) is 0 Å². The molecule has 0 aromatic carbocycles. The van der Waals surface area contributed by atoms with Crippen LogP contribution in [0.2, 0.25) is 0 Å². The molecule has 2 aromatic heterocycles. The Balaban J connectivity index is 1.75. The number of aromatic nitrogens is 1. The van der Waals surface area contributed by atoms with Crippen molar-refractivity contribution in [1.82, 2.24) is 15.6 Å². The van der Waals surface area contributed by atoms with Crippen molar-refractivity contribution in [2.45, 2.75) is 20.0 Å². The van der Waals surface area contributed by atoms with Crippen LogP contribution in [-0.2, 0) is 13.1 Å². The molecule has 2 amide bonds. The van der Waals surface area contributed by atoms with Crippen LogP contribution >= 0.6 is 0 Å². The second kappa shape index (κ2) is 5.91. The number of oxazole rings is 1. The zero-order valence-corrected chi connectivity index (χ0v) is 10.7. The van der Waals surface area contributed by atoms with Gasteiger partial charge in [0.05, 0.1) is 19.3 Å². The molecule has 0 bridgehead atoms. The number of nitrogens with one attached hydrogen (secondary N) is 2. The summed E-state index contributed by atoms with van der Waals surface area (Å²) in [5, 5.41) is 13.7. The Hall–Kier alpha value is -2.77. The summed E-state index contributed by atoms with van der Waals surface area (Å²) in [5.74, 6) is 0.102. The second-order valence-electron chi connectivity index (χ2n) is 3.97. The average molecular weight is 279 g/mol. The molecule has 0 radical (unpaired) electrons. The highest BCUT2D eigenvalue weighted by Gasteiger charge is 2.10. The topological polar surface area (TPSA) is 118 Å². The van der Waals surface area contributed by atoms with Crippen molar-refractivity contribution in [3.8, 4) is 0 Å². The Morgan fingerprint density at radius 1 is 1.25 bits per heavy atom. The molecule has 106 valence electrons. The summed E-state index contributed by atoms with van der Waals surface area (Å²) >= 11 is 0. The number of hydrogen-bond acceptors (Lipinski definition) is 5. The minimum absolute atomic E-state index is 0.0870. The number of nitrogens with zero attached hydrogens (tertiary/aromatic N) is 1. The lowest BCUT2D eigenvalue weighted by Gasteiger charge is -2.04. The number of carboxylic acid groups (broad SMARTS) is 1. The number of carbonyl (C=O) groups excluding carboxylic acids is 1. The highest BCUT2D eigenvalue weighted by atomic mass is 16.4. The van der Waals surface area contributed by atoms with Gasteiger partial charge in [-0.1, -0.05) is 0 Å². The van der Waals surface area contributed by atoms with Crippen LogP contribution in [0.3, 0.4) is 0 Å². The van der Waals surface area contributed by atoms with E-state index in [2.05, 4.69) is 15.6 Å². The molecule has 8 nitrogen and oxygen atoms in total. The number of carbonyl (C=O) groups is 2. The molecule has 0 spiro atoms. The van der Waals surface area contributed by atoms with E-state index in [-0.39, 0.29) is 18.8 Å². The molecular formula is C12H13N3O5. The lowest BCUT2D eigenvalue weighted by atomic mass is 10.4. The maximum absolute atomic E-state index is 11.5. The third-order valence-corrected chi connectivity index (χ3v) is 2.36. The Kier molecular flexibility index (Phi) is 4.04. The van der Waals surface area contributed by atoms with Crippen LogP contribution in [0.4, 0.5) is 4.79 Å². The van der Waals surface area contributed by atoms with Crippen molar-refractivity contribution >= 4 is 12.0 Å². The molecule has 0 atom stereocenters. The van der Waals surface area contributed by atoms with Crippen LogP contribution in [0.1, 0.15) is 28.0 Å². The van der Waals surface area contributed by atoms with E-state index in [9.17, 15) is 9.59 Å². The van der Waals surface area contributed by atoms with E-state index < -0.39 is 12.0 Å². The monoisotopic (exact) mass is 279 g/mol. The summed E-state index contributed by atoms with van der Waals surface area (Å²) in [6.45, 7) is 2.01. The van der Waals surface area contributed by atoms with E-state index in [1.165, 1.54) is 12.1 Å². The number of aryl methyl sites for hydroxylation is 1. The number of furan rings is 1. The SMILES string of the molecule is Cc1cnc(CNC(=O)NCc2ccc(C(=O)O)o2)o1. The third kappa shape index (κ3) is 3.61. The lowest BCUT2D eigenvalue weighted by Crippen LogP contribution is -2.34. The summed E-state index contributed by atoms with van der Waals surface area (Å²) in [6.07, 6.45) is 1.56. The molecule has 0 fully saturated rings. The molecule has 0 saturated heterocycles. The fourth-order valence-corrected chi connectivity index (χ4v) is 1.46. The molecule has 0 aliphatic rings. The van der Waals surface area contributed by atoms with Crippen molar-refractivity contribution < 1.29 is 23.5 Å². The molecule has 2 rings (SSSR count). The Morgan fingerprint density at radius 2 is 2.00 bits per heavy atom. The Labute approximate surface area is 113 Å². The van der Waals surface area contributed by atoms with Gasteiger partial charge in [0.25, 0.3) is 0 Å². The standard InChI is InChI=1S/C12H13N3O5/c1-7-4-13-10(19-7)6-15-12(18)14-5-8-2-3-9(20-8)11(16)17/h2-4H,5-6H2,1H3,(H,16,17)(H2,14,15,18). The van der Waals surface area contributed by atoms with Gasteiger partial charge < -0.3 is 24.6 Å². The van der Waals surface area contributed by atoms with E-state index in [1.54, 1.807) is 13.1 Å². The number of aromatic carboxylic acids is 1. The minimum Gasteiger partial charge on any atom is -0.475 e. The first-order chi connectivity index (χ1) is 9.54. The number of urea groups is 1. The van der Waals surface area contributed by atoms with E-state index in [0.717, 1.165) is 0 Å². The number of carboxylic acids is 1. The first kappa shape index (κ1) is 13.7. The summed E-state index contributed by atoms with van der Waals surface area (Å²) in [7, 11) is 0. The van der Waals surface area contributed by atoms with Crippen LogP contribution in [0.5, 0.6) is 0 Å². The fourth-order valence-electron chi connectivity index (χ4n) is 1.46. The van der Waals surface area contributed by atoms with Gasteiger partial charge in [0, 0.05) is 0 Å². The smallest absolute Gasteiger partial charge is 0.371 e. The normalized spacial score (nSPS) is 10.2. The summed E-state index contributed by atoms with van der Waals surface area (Å²) in [6, 6.07) is 2.38. The van der Waals surface area contributed by atoms with Crippen molar-refractivity contribution in [3.05, 3.63) is 41.5 Å². The zero-order chi connectivity index (χ0) is 14.5. The lowest BCUT2D eigenvalue weighted by molar-refractivity contribution is 0.0660. The number of amides is 2. The van der Waals surface area contributed by atoms with E-state index in [4.69, 9.17) is 13.9 Å². The van der Waals surface area contributed by atoms with Gasteiger partial charge in [0.15, 0.2) is 0 Å². The summed E-state index contributed by atoms with van der Waals surface area (Å²) in [4.78, 5) is 26.0. The first-order valence-corrected chi connectivity index (χ1v) is 5.79. The molecular weight excluding hydrogens is 266 g/mol. The highest BCUT2D eigenvalue weighted by molar-refractivity contribution is 5.84. The molecule has 2 aromatic rings. The Morgan fingerprint density at radius 3 is 2.60 bits per heavy atom. The molecule has 0 aliphatic heterocycles. The predicted octanol–water partition coefficient (Wildman–Crippen LogP) is 1.27. The predicted molar refractivity (Wildman–Crippen MR) is 66.0 cm³/mol. The van der Waals surface area contributed by atoms with Crippen LogP contribution in [0.15, 0.2) is 27.2 Å². The maximum atomic E-state index is 11.5. The van der Waals surface area contributed by atoms with E-state index in [0.29, 0.717) is 17.4 Å². The quantitative estimate of drug-likeness (QED) is 0.758. The molecule has 3 N–H and O–H groups in total. The number of rotatable bonds is 5. The molecule has 8 heteroatoms. The highest BCUT2D eigenvalue weighted by Crippen LogP contribution is 2.07. The molecule has 0 aliphatic carbocycles. The van der Waals surface area contributed by atoms with Crippen molar-refractivity contribution in [2.24, 2.45) is 0 Å². The van der Waals surface area contributed by atoms with Crippen molar-refractivity contribution in [1.29, 1.82) is 0 Å². The van der Waals surface area contributed by atoms with E-state index in [1.807, 2.05) is 0 Å². The van der Waals surface area contributed by atoms with Gasteiger partial charge in [0.1, 0.15) is 11.5 Å². The van der Waals surface area contributed by atoms with Gasteiger partial charge in [-0.05, 0) is 19.1 Å². The largest absolute Gasteiger partial charge is 0.475 e. The van der Waals surface area contributed by atoms with E-state index >= 15 is 0 Å². The van der Waals surface area contributed by atoms with Gasteiger partial charge in [0.2, 0.25) is 11.7 Å². The summed E-state index contributed by atoms with van der Waals surface area (Å²) in [5.41, 5.74) is 0. The van der Waals surface area contributed by atoms with Crippen LogP contribution in [0.25, 0.3) is 0 Å². The average Bonchev–Trinajstić information content (AvgIpc) is 3.03. The Bertz CT molecular complexity index is 616. The minimum atomic E-state index is -1.15. The number of hydrogen-bond donors (Lipinski definition) is 3.